The van der Waals surface area contributed by atoms with Crippen molar-refractivity contribution in [2.75, 3.05) is 0 Å². The lowest BCUT2D eigenvalue weighted by Gasteiger charge is -2.06. The largest absolute Gasteiger partial charge is 0.491 e. The monoisotopic (exact) mass is 337 g/mol. The third-order valence-corrected chi connectivity index (χ3v) is 3.56. The van der Waals surface area contributed by atoms with Crippen LogP contribution in [0.2, 0.25) is 0 Å². The van der Waals surface area contributed by atoms with Crippen LogP contribution in [-0.4, -0.2) is 29.8 Å². The van der Waals surface area contributed by atoms with E-state index in [1.54, 1.807) is 42.7 Å². The molecule has 0 aliphatic rings. The van der Waals surface area contributed by atoms with Crippen molar-refractivity contribution in [2.45, 2.75) is 6.54 Å². The van der Waals surface area contributed by atoms with E-state index in [0.717, 1.165) is 6.26 Å². The zero-order valence-electron chi connectivity index (χ0n) is 12.9. The van der Waals surface area contributed by atoms with Crippen LogP contribution in [0.1, 0.15) is 5.56 Å². The molecule has 8 heteroatoms. The summed E-state index contributed by atoms with van der Waals surface area (Å²) in [7, 11) is 0. The van der Waals surface area contributed by atoms with E-state index in [4.69, 9.17) is 4.42 Å². The van der Waals surface area contributed by atoms with Gasteiger partial charge in [-0.25, -0.2) is 14.4 Å². The zero-order chi connectivity index (χ0) is 17.2. The maximum absolute atomic E-state index is 14.0. The molecule has 124 valence electrons. The maximum atomic E-state index is 14.0. The molecule has 0 aliphatic heterocycles. The summed E-state index contributed by atoms with van der Waals surface area (Å²) >= 11 is 0. The lowest BCUT2D eigenvalue weighted by molar-refractivity contribution is 0.448. The average molecular weight is 337 g/mol. The molecule has 25 heavy (non-hydrogen) atoms. The fourth-order valence-corrected chi connectivity index (χ4v) is 2.42. The quantitative estimate of drug-likeness (QED) is 0.616. The maximum Gasteiger partial charge on any atom is 0.250 e. The molecule has 7 nitrogen and oxygen atoms in total. The molecule has 1 N–H and O–H groups in total. The first-order valence-electron chi connectivity index (χ1n) is 7.44. The predicted molar refractivity (Wildman–Crippen MR) is 85.9 cm³/mol. The minimum absolute atomic E-state index is 0.165. The number of hydrogen-bond donors (Lipinski definition) is 1. The first kappa shape index (κ1) is 15.0. The van der Waals surface area contributed by atoms with Gasteiger partial charge in [0, 0.05) is 24.0 Å². The van der Waals surface area contributed by atoms with E-state index in [2.05, 4.69) is 20.1 Å². The molecule has 4 rings (SSSR count). The van der Waals surface area contributed by atoms with Gasteiger partial charge < -0.3 is 9.52 Å². The van der Waals surface area contributed by atoms with E-state index >= 15 is 0 Å². The second kappa shape index (κ2) is 6.16. The van der Waals surface area contributed by atoms with Crippen LogP contribution in [0.5, 0.6) is 5.88 Å². The van der Waals surface area contributed by atoms with E-state index in [1.165, 1.54) is 10.7 Å². The molecule has 0 amide bonds. The summed E-state index contributed by atoms with van der Waals surface area (Å²) in [6.45, 7) is 0.165. The smallest absolute Gasteiger partial charge is 0.250 e. The van der Waals surface area contributed by atoms with Crippen molar-refractivity contribution in [1.29, 1.82) is 0 Å². The Labute approximate surface area is 141 Å². The molecule has 3 heterocycles. The molecular formula is C17H12FN5O2. The van der Waals surface area contributed by atoms with Gasteiger partial charge in [0.2, 0.25) is 5.89 Å². The lowest BCUT2D eigenvalue weighted by atomic mass is 10.2. The van der Waals surface area contributed by atoms with Crippen molar-refractivity contribution in [3.8, 4) is 29.0 Å². The van der Waals surface area contributed by atoms with Gasteiger partial charge in [-0.15, -0.1) is 0 Å². The minimum Gasteiger partial charge on any atom is -0.491 e. The normalized spacial score (nSPS) is 10.9. The molecular weight excluding hydrogens is 325 g/mol. The third kappa shape index (κ3) is 2.97. The SMILES string of the molecule is Oc1coc(-c2cc(-c3ncccn3)nn2Cc2ccccc2F)n1. The van der Waals surface area contributed by atoms with Gasteiger partial charge in [0.15, 0.2) is 12.1 Å². The molecule has 0 saturated carbocycles. The van der Waals surface area contributed by atoms with Crippen molar-refractivity contribution < 1.29 is 13.9 Å². The number of nitrogens with zero attached hydrogens (tertiary/aromatic N) is 5. The Kier molecular flexibility index (Phi) is 3.70. The van der Waals surface area contributed by atoms with Crippen LogP contribution in [0, 0.1) is 5.82 Å². The first-order valence-corrected chi connectivity index (χ1v) is 7.44. The highest BCUT2D eigenvalue weighted by atomic mass is 19.1. The fraction of sp³-hybridized carbons (Fsp3) is 0.0588. The van der Waals surface area contributed by atoms with Crippen LogP contribution in [0.4, 0.5) is 4.39 Å². The van der Waals surface area contributed by atoms with Crippen LogP contribution >= 0.6 is 0 Å². The van der Waals surface area contributed by atoms with E-state index in [9.17, 15) is 9.50 Å². The number of benzene rings is 1. The zero-order valence-corrected chi connectivity index (χ0v) is 12.9. The number of halogens is 1. The first-order chi connectivity index (χ1) is 12.2. The number of aromatic hydroxyl groups is 1. The van der Waals surface area contributed by atoms with E-state index in [-0.39, 0.29) is 24.1 Å². The second-order valence-corrected chi connectivity index (χ2v) is 5.25. The summed E-state index contributed by atoms with van der Waals surface area (Å²) in [4.78, 5) is 12.2. The standard InChI is InChI=1S/C17H12FN5O2/c18-12-5-2-1-4-11(12)9-23-14(17-21-15(24)10-25-17)8-13(22-23)16-19-6-3-7-20-16/h1-8,10,24H,9H2. The molecule has 0 spiro atoms. The van der Waals surface area contributed by atoms with Gasteiger partial charge in [-0.3, -0.25) is 4.68 Å². The number of rotatable bonds is 4. The summed E-state index contributed by atoms with van der Waals surface area (Å²) in [5, 5.41) is 13.9. The van der Waals surface area contributed by atoms with Crippen LogP contribution in [0.3, 0.4) is 0 Å². The van der Waals surface area contributed by atoms with Crippen LogP contribution < -0.4 is 0 Å². The van der Waals surface area contributed by atoms with Crippen molar-refractivity contribution >= 4 is 0 Å². The van der Waals surface area contributed by atoms with Gasteiger partial charge in [0.25, 0.3) is 5.88 Å². The van der Waals surface area contributed by atoms with Crippen LogP contribution in [-0.2, 0) is 6.54 Å². The van der Waals surface area contributed by atoms with E-state index in [0.29, 0.717) is 22.8 Å². The molecule has 1 aromatic carbocycles. The van der Waals surface area contributed by atoms with Crippen molar-refractivity contribution in [3.05, 3.63) is 66.4 Å². The van der Waals surface area contributed by atoms with Gasteiger partial charge in [-0.1, -0.05) is 18.2 Å². The summed E-state index contributed by atoms with van der Waals surface area (Å²) in [6.07, 6.45) is 4.33. The number of aromatic nitrogens is 5. The molecule has 0 radical (unpaired) electrons. The molecule has 0 saturated heterocycles. The Hall–Kier alpha value is -3.55. The van der Waals surface area contributed by atoms with Crippen LogP contribution in [0.25, 0.3) is 23.1 Å². The van der Waals surface area contributed by atoms with Gasteiger partial charge in [0.05, 0.1) is 6.54 Å². The highest BCUT2D eigenvalue weighted by Gasteiger charge is 2.18. The van der Waals surface area contributed by atoms with Crippen molar-refractivity contribution in [2.24, 2.45) is 0 Å². The van der Waals surface area contributed by atoms with Gasteiger partial charge >= 0.3 is 0 Å². The summed E-state index contributed by atoms with van der Waals surface area (Å²) in [5.74, 6) is 0.0122. The number of oxazole rings is 1. The minimum atomic E-state index is -0.336. The molecule has 3 aromatic heterocycles. The molecule has 0 unspecified atom stereocenters. The molecule has 4 aromatic rings. The topological polar surface area (TPSA) is 89.9 Å². The Bertz CT molecular complexity index is 1010. The Balaban J connectivity index is 1.81. The molecule has 0 atom stereocenters. The highest BCUT2D eigenvalue weighted by molar-refractivity contribution is 5.59. The van der Waals surface area contributed by atoms with Gasteiger partial charge in [-0.05, 0) is 12.1 Å². The second-order valence-electron chi connectivity index (χ2n) is 5.25. The molecule has 0 bridgehead atoms. The van der Waals surface area contributed by atoms with E-state index in [1.807, 2.05) is 0 Å². The van der Waals surface area contributed by atoms with Crippen molar-refractivity contribution in [3.63, 3.8) is 0 Å². The van der Waals surface area contributed by atoms with Gasteiger partial charge in [-0.2, -0.15) is 10.1 Å². The van der Waals surface area contributed by atoms with E-state index < -0.39 is 0 Å². The summed E-state index contributed by atoms with van der Waals surface area (Å²) in [6, 6.07) is 9.81. The Morgan fingerprint density at radius 1 is 1.12 bits per heavy atom. The molecule has 0 fully saturated rings. The summed E-state index contributed by atoms with van der Waals surface area (Å²) in [5.41, 5.74) is 1.43. The Morgan fingerprint density at radius 2 is 1.92 bits per heavy atom. The van der Waals surface area contributed by atoms with Crippen molar-refractivity contribution in [1.82, 2.24) is 24.7 Å². The number of hydrogen-bond acceptors (Lipinski definition) is 6. The molecule has 0 aliphatic carbocycles. The lowest BCUT2D eigenvalue weighted by Crippen LogP contribution is -2.06. The van der Waals surface area contributed by atoms with Crippen LogP contribution in [0.15, 0.2) is 59.5 Å². The van der Waals surface area contributed by atoms with Gasteiger partial charge in [0.1, 0.15) is 17.2 Å². The predicted octanol–water partition coefficient (Wildman–Crippen LogP) is 2.89. The Morgan fingerprint density at radius 3 is 2.64 bits per heavy atom. The fourth-order valence-electron chi connectivity index (χ4n) is 2.42. The summed E-state index contributed by atoms with van der Waals surface area (Å²) < 4.78 is 20.8. The highest BCUT2D eigenvalue weighted by Crippen LogP contribution is 2.26. The third-order valence-electron chi connectivity index (χ3n) is 3.56. The average Bonchev–Trinajstić information content (AvgIpc) is 3.24.